The first-order valence-corrected chi connectivity index (χ1v) is 6.65. The van der Waals surface area contributed by atoms with Crippen LogP contribution in [0.25, 0.3) is 0 Å². The van der Waals surface area contributed by atoms with Crippen molar-refractivity contribution in [2.24, 2.45) is 5.73 Å². The van der Waals surface area contributed by atoms with Crippen molar-refractivity contribution in [2.75, 3.05) is 20.8 Å². The van der Waals surface area contributed by atoms with Crippen LogP contribution in [0, 0.1) is 0 Å². The molecule has 0 heterocycles. The Kier molecular flexibility index (Phi) is 6.11. The van der Waals surface area contributed by atoms with E-state index in [-0.39, 0.29) is 12.4 Å². The second kappa shape index (κ2) is 7.35. The number of methoxy groups -OCH3 is 2. The average molecular weight is 332 g/mol. The third-order valence-corrected chi connectivity index (χ3v) is 3.37. The largest absolute Gasteiger partial charge is 0.495 e. The van der Waals surface area contributed by atoms with Gasteiger partial charge in [-0.3, -0.25) is 4.79 Å². The maximum Gasteiger partial charge on any atom is 0.307 e. The highest BCUT2D eigenvalue weighted by Crippen LogP contribution is 2.37. The van der Waals surface area contributed by atoms with Gasteiger partial charge in [0.15, 0.2) is 0 Å². The van der Waals surface area contributed by atoms with Crippen LogP contribution < -0.4 is 15.2 Å². The van der Waals surface area contributed by atoms with Crippen molar-refractivity contribution in [3.8, 4) is 11.5 Å². The van der Waals surface area contributed by atoms with Crippen LogP contribution in [0.15, 0.2) is 16.6 Å². The van der Waals surface area contributed by atoms with Crippen LogP contribution in [0.1, 0.15) is 24.9 Å². The fourth-order valence-corrected chi connectivity index (χ4v) is 2.17. The van der Waals surface area contributed by atoms with Gasteiger partial charge in [-0.1, -0.05) is 0 Å². The lowest BCUT2D eigenvalue weighted by atomic mass is 10.0. The lowest BCUT2D eigenvalue weighted by Gasteiger charge is -2.15. The molecule has 0 saturated heterocycles. The van der Waals surface area contributed by atoms with Crippen LogP contribution in [0.3, 0.4) is 0 Å². The summed E-state index contributed by atoms with van der Waals surface area (Å²) in [6.07, 6.45) is 0.113. The molecule has 19 heavy (non-hydrogen) atoms. The Labute approximate surface area is 121 Å². The van der Waals surface area contributed by atoms with Crippen LogP contribution >= 0.6 is 15.9 Å². The first-order chi connectivity index (χ1) is 9.03. The van der Waals surface area contributed by atoms with Gasteiger partial charge in [0.2, 0.25) is 0 Å². The molecule has 0 unspecified atom stereocenters. The maximum absolute atomic E-state index is 11.4. The summed E-state index contributed by atoms with van der Waals surface area (Å²) >= 11 is 3.38. The molecule has 1 aromatic rings. The summed E-state index contributed by atoms with van der Waals surface area (Å²) in [5, 5.41) is 0. The molecule has 0 bridgehead atoms. The van der Waals surface area contributed by atoms with E-state index in [1.807, 2.05) is 0 Å². The van der Waals surface area contributed by atoms with Gasteiger partial charge in [0, 0.05) is 6.04 Å². The Bertz CT molecular complexity index is 425. The average Bonchev–Trinajstić information content (AvgIpc) is 2.39. The molecule has 6 heteroatoms. The van der Waals surface area contributed by atoms with Gasteiger partial charge >= 0.3 is 5.97 Å². The summed E-state index contributed by atoms with van der Waals surface area (Å²) in [4.78, 5) is 11.4. The molecular formula is C13H18BrNO4. The third kappa shape index (κ3) is 4.11. The van der Waals surface area contributed by atoms with Gasteiger partial charge in [-0.2, -0.15) is 0 Å². The molecule has 1 aromatic carbocycles. The molecule has 5 nitrogen and oxygen atoms in total. The number of nitrogens with two attached hydrogens (primary N) is 1. The van der Waals surface area contributed by atoms with E-state index in [9.17, 15) is 4.79 Å². The Hall–Kier alpha value is -1.27. The fourth-order valence-electron chi connectivity index (χ4n) is 1.62. The standard InChI is InChI=1S/C13H18BrNO4/c1-4-19-12(16)7-9(15)8-5-10(17-2)13(14)11(6-8)18-3/h5-6,9H,4,7,15H2,1-3H3/t9-/m1/s1. The van der Waals surface area contributed by atoms with Crippen LogP contribution in [0.2, 0.25) is 0 Å². The van der Waals surface area contributed by atoms with Crippen molar-refractivity contribution in [2.45, 2.75) is 19.4 Å². The zero-order chi connectivity index (χ0) is 14.4. The van der Waals surface area contributed by atoms with E-state index in [2.05, 4.69) is 15.9 Å². The van der Waals surface area contributed by atoms with E-state index in [0.29, 0.717) is 22.6 Å². The van der Waals surface area contributed by atoms with Crippen molar-refractivity contribution < 1.29 is 19.0 Å². The van der Waals surface area contributed by atoms with Crippen LogP contribution in [-0.4, -0.2) is 26.8 Å². The summed E-state index contributed by atoms with van der Waals surface area (Å²) in [7, 11) is 3.11. The Morgan fingerprint density at radius 3 is 2.26 bits per heavy atom. The highest BCUT2D eigenvalue weighted by Gasteiger charge is 2.17. The number of halogens is 1. The van der Waals surface area contributed by atoms with Crippen molar-refractivity contribution in [3.63, 3.8) is 0 Å². The highest BCUT2D eigenvalue weighted by atomic mass is 79.9. The zero-order valence-corrected chi connectivity index (χ0v) is 12.8. The summed E-state index contributed by atoms with van der Waals surface area (Å²) in [6.45, 7) is 2.10. The Balaban J connectivity index is 2.96. The molecule has 0 saturated carbocycles. The van der Waals surface area contributed by atoms with Crippen LogP contribution in [0.4, 0.5) is 0 Å². The predicted molar refractivity (Wildman–Crippen MR) is 75.4 cm³/mol. The first kappa shape index (κ1) is 15.8. The van der Waals surface area contributed by atoms with E-state index >= 15 is 0 Å². The molecule has 0 spiro atoms. The number of benzene rings is 1. The van der Waals surface area contributed by atoms with Gasteiger partial charge < -0.3 is 19.9 Å². The van der Waals surface area contributed by atoms with Crippen LogP contribution in [-0.2, 0) is 9.53 Å². The van der Waals surface area contributed by atoms with Gasteiger partial charge in [0.25, 0.3) is 0 Å². The molecule has 0 aliphatic carbocycles. The molecule has 0 radical (unpaired) electrons. The molecule has 1 atom stereocenters. The van der Waals surface area contributed by atoms with Gasteiger partial charge in [-0.25, -0.2) is 0 Å². The van der Waals surface area contributed by atoms with Crippen LogP contribution in [0.5, 0.6) is 11.5 Å². The monoisotopic (exact) mass is 331 g/mol. The highest BCUT2D eigenvalue weighted by molar-refractivity contribution is 9.10. The minimum atomic E-state index is -0.463. The number of ether oxygens (including phenoxy) is 3. The molecule has 0 aliphatic rings. The SMILES string of the molecule is CCOC(=O)C[C@@H](N)c1cc(OC)c(Br)c(OC)c1. The molecule has 106 valence electrons. The van der Waals surface area contributed by atoms with E-state index in [1.54, 1.807) is 33.3 Å². The van der Waals surface area contributed by atoms with Crippen molar-refractivity contribution in [1.82, 2.24) is 0 Å². The number of hydrogen-bond acceptors (Lipinski definition) is 5. The van der Waals surface area contributed by atoms with Crippen molar-refractivity contribution >= 4 is 21.9 Å². The molecule has 0 aromatic heterocycles. The second-order valence-corrected chi connectivity index (χ2v) is 4.65. The zero-order valence-electron chi connectivity index (χ0n) is 11.2. The van der Waals surface area contributed by atoms with E-state index in [0.717, 1.165) is 5.56 Å². The second-order valence-electron chi connectivity index (χ2n) is 3.86. The van der Waals surface area contributed by atoms with E-state index < -0.39 is 6.04 Å². The maximum atomic E-state index is 11.4. The minimum Gasteiger partial charge on any atom is -0.495 e. The number of hydrogen-bond donors (Lipinski definition) is 1. The van der Waals surface area contributed by atoms with Gasteiger partial charge in [0.05, 0.1) is 27.2 Å². The number of rotatable bonds is 6. The van der Waals surface area contributed by atoms with Gasteiger partial charge in [0.1, 0.15) is 16.0 Å². The first-order valence-electron chi connectivity index (χ1n) is 5.86. The molecule has 0 fully saturated rings. The van der Waals surface area contributed by atoms with E-state index in [1.165, 1.54) is 0 Å². The molecular weight excluding hydrogens is 314 g/mol. The quantitative estimate of drug-likeness (QED) is 0.810. The van der Waals surface area contributed by atoms with E-state index in [4.69, 9.17) is 19.9 Å². The summed E-state index contributed by atoms with van der Waals surface area (Å²) in [5.74, 6) is 0.887. The normalized spacial score (nSPS) is 11.8. The fraction of sp³-hybridized carbons (Fsp3) is 0.462. The molecule has 0 amide bonds. The predicted octanol–water partition coefficient (Wildman–Crippen LogP) is 2.42. The lowest BCUT2D eigenvalue weighted by Crippen LogP contribution is -2.17. The Morgan fingerprint density at radius 1 is 1.32 bits per heavy atom. The van der Waals surface area contributed by atoms with Crippen molar-refractivity contribution in [1.29, 1.82) is 0 Å². The summed E-state index contributed by atoms with van der Waals surface area (Å²) < 4.78 is 16.1. The number of carbonyl (C=O) groups is 1. The molecule has 2 N–H and O–H groups in total. The number of carbonyl (C=O) groups excluding carboxylic acids is 1. The topological polar surface area (TPSA) is 70.8 Å². The van der Waals surface area contributed by atoms with Gasteiger partial charge in [-0.15, -0.1) is 0 Å². The summed E-state index contributed by atoms with van der Waals surface area (Å²) in [6, 6.07) is 3.09. The van der Waals surface area contributed by atoms with Gasteiger partial charge in [-0.05, 0) is 40.5 Å². The number of esters is 1. The lowest BCUT2D eigenvalue weighted by molar-refractivity contribution is -0.143. The molecule has 1 rings (SSSR count). The molecule has 0 aliphatic heterocycles. The third-order valence-electron chi connectivity index (χ3n) is 2.59. The minimum absolute atomic E-state index is 0.113. The smallest absolute Gasteiger partial charge is 0.307 e. The Morgan fingerprint density at radius 2 is 1.84 bits per heavy atom. The van der Waals surface area contributed by atoms with Crippen molar-refractivity contribution in [3.05, 3.63) is 22.2 Å². The summed E-state index contributed by atoms with van der Waals surface area (Å²) in [5.41, 5.74) is 6.75.